The van der Waals surface area contributed by atoms with Gasteiger partial charge in [-0.1, -0.05) is 0 Å². The summed E-state index contributed by atoms with van der Waals surface area (Å²) in [6.45, 7) is -0.404. The molecule has 8 heteroatoms. The van der Waals surface area contributed by atoms with Gasteiger partial charge in [0.1, 0.15) is 6.10 Å². The zero-order valence-electron chi connectivity index (χ0n) is 6.70. The maximum atomic E-state index is 10.4. The third kappa shape index (κ3) is 5.23. The molecule has 0 heterocycles. The maximum absolute atomic E-state index is 10.4. The van der Waals surface area contributed by atoms with Crippen molar-refractivity contribution in [2.24, 2.45) is 0 Å². The molecule has 0 spiro atoms. The van der Waals surface area contributed by atoms with E-state index in [0.29, 0.717) is 0 Å². The first-order valence-corrected chi connectivity index (χ1v) is 3.55. The second kappa shape index (κ2) is 8.57. The molecule has 0 saturated heterocycles. The monoisotopic (exact) mass is 220 g/mol. The van der Waals surface area contributed by atoms with Crippen molar-refractivity contribution in [1.29, 1.82) is 0 Å². The van der Waals surface area contributed by atoms with E-state index in [1.165, 1.54) is 0 Å². The van der Waals surface area contributed by atoms with Crippen molar-refractivity contribution in [2.45, 2.75) is 24.7 Å². The number of carbonyl (C=O) groups excluding carboxylic acids is 1. The zero-order chi connectivity index (χ0) is 10.4. The quantitative estimate of drug-likeness (QED) is 0.188. The van der Waals surface area contributed by atoms with Crippen molar-refractivity contribution in [3.8, 4) is 0 Å². The molecule has 0 aliphatic carbocycles. The molecule has 0 aliphatic rings. The van der Waals surface area contributed by atoms with Crippen LogP contribution in [0, 0.1) is 0 Å². The van der Waals surface area contributed by atoms with Crippen LogP contribution in [-0.4, -0.2) is 86.1 Å². The Morgan fingerprint density at radius 1 is 1.29 bits per heavy atom. The average molecular weight is 220 g/mol. The number of hydrogen-bond donors (Lipinski definition) is 5. The van der Waals surface area contributed by atoms with Crippen molar-refractivity contribution in [2.75, 3.05) is 6.61 Å². The van der Waals surface area contributed by atoms with Gasteiger partial charge in [-0.15, -0.1) is 0 Å². The van der Waals surface area contributed by atoms with E-state index < -0.39 is 30.9 Å². The fraction of sp³-hybridized carbons (Fsp3) is 0.833. The van der Waals surface area contributed by atoms with Gasteiger partial charge >= 0.3 is 35.5 Å². The molecular weight excluding hydrogens is 207 g/mol. The summed E-state index contributed by atoms with van der Waals surface area (Å²) in [5, 5.41) is 43.0. The Labute approximate surface area is 102 Å². The normalized spacial score (nSPS) is 16.4. The standard InChI is InChI=1S/C6H12O7.Na.H/c7-2-1-3(8)4(9)5(10)6(11)13-12;;/h3-5,7-10,12H,1-2H2;;. The first kappa shape index (κ1) is 16.7. The van der Waals surface area contributed by atoms with Gasteiger partial charge < -0.3 is 20.4 Å². The molecule has 0 aliphatic heterocycles. The van der Waals surface area contributed by atoms with Gasteiger partial charge in [-0.25, -0.2) is 4.79 Å². The zero-order valence-corrected chi connectivity index (χ0v) is 6.70. The molecule has 0 aromatic heterocycles. The van der Waals surface area contributed by atoms with Crippen LogP contribution >= 0.6 is 0 Å². The topological polar surface area (TPSA) is 127 Å². The van der Waals surface area contributed by atoms with E-state index in [1.807, 2.05) is 0 Å². The molecule has 0 fully saturated rings. The molecule has 3 unspecified atom stereocenters. The molecule has 0 aromatic carbocycles. The molecule has 3 atom stereocenters. The Bertz CT molecular complexity index is 164. The molecule has 80 valence electrons. The summed E-state index contributed by atoms with van der Waals surface area (Å²) in [5.41, 5.74) is 0. The van der Waals surface area contributed by atoms with E-state index in [4.69, 9.17) is 25.7 Å². The van der Waals surface area contributed by atoms with Crippen LogP contribution in [0.4, 0.5) is 0 Å². The van der Waals surface area contributed by atoms with E-state index in [9.17, 15) is 4.79 Å². The first-order chi connectivity index (χ1) is 6.04. The van der Waals surface area contributed by atoms with Gasteiger partial charge in [0.25, 0.3) is 0 Å². The van der Waals surface area contributed by atoms with Gasteiger partial charge in [0, 0.05) is 6.61 Å². The first-order valence-electron chi connectivity index (χ1n) is 3.55. The van der Waals surface area contributed by atoms with E-state index >= 15 is 0 Å². The molecule has 0 saturated carbocycles. The van der Waals surface area contributed by atoms with Crippen molar-refractivity contribution < 1.29 is 35.4 Å². The van der Waals surface area contributed by atoms with Crippen molar-refractivity contribution in [3.63, 3.8) is 0 Å². The minimum absolute atomic E-state index is 0. The Balaban J connectivity index is 0. The molecular formula is C6H13NaO7. The van der Waals surface area contributed by atoms with E-state index in [-0.39, 0.29) is 36.0 Å². The van der Waals surface area contributed by atoms with Gasteiger partial charge in [0.2, 0.25) is 0 Å². The molecule has 0 radical (unpaired) electrons. The van der Waals surface area contributed by atoms with Gasteiger partial charge in [-0.05, 0) is 6.42 Å². The van der Waals surface area contributed by atoms with Gasteiger partial charge in [-0.3, -0.25) is 4.89 Å². The Morgan fingerprint density at radius 2 is 1.79 bits per heavy atom. The van der Waals surface area contributed by atoms with Crippen LogP contribution in [0.5, 0.6) is 0 Å². The molecule has 0 amide bonds. The molecule has 0 bridgehead atoms. The Morgan fingerprint density at radius 3 is 2.14 bits per heavy atom. The van der Waals surface area contributed by atoms with E-state index in [2.05, 4.69) is 4.89 Å². The second-order valence-electron chi connectivity index (χ2n) is 2.43. The minimum atomic E-state index is -2.04. The summed E-state index contributed by atoms with van der Waals surface area (Å²) in [6.07, 6.45) is -5.49. The molecule has 0 aromatic rings. The van der Waals surface area contributed by atoms with Crippen LogP contribution in [0.1, 0.15) is 6.42 Å². The number of hydrogen-bond acceptors (Lipinski definition) is 7. The summed E-state index contributed by atoms with van der Waals surface area (Å²) >= 11 is 0. The predicted octanol–water partition coefficient (Wildman–Crippen LogP) is -3.18. The van der Waals surface area contributed by atoms with Crippen LogP contribution in [0.2, 0.25) is 0 Å². The second-order valence-corrected chi connectivity index (χ2v) is 2.43. The van der Waals surface area contributed by atoms with Crippen molar-refractivity contribution in [3.05, 3.63) is 0 Å². The van der Waals surface area contributed by atoms with Crippen molar-refractivity contribution >= 4 is 35.5 Å². The fourth-order valence-corrected chi connectivity index (χ4v) is 0.707. The number of aliphatic hydroxyl groups is 4. The molecule has 7 nitrogen and oxygen atoms in total. The Hall–Kier alpha value is 0.270. The third-order valence-electron chi connectivity index (χ3n) is 1.47. The summed E-state index contributed by atoms with van der Waals surface area (Å²) in [5.74, 6) is -1.47. The average Bonchev–Trinajstić information content (AvgIpc) is 2.14. The van der Waals surface area contributed by atoms with Crippen LogP contribution < -0.4 is 0 Å². The van der Waals surface area contributed by atoms with E-state index in [1.54, 1.807) is 0 Å². The molecule has 14 heavy (non-hydrogen) atoms. The SMILES string of the molecule is O=C(OO)C(O)C(O)C(O)CCO.[NaH]. The van der Waals surface area contributed by atoms with E-state index in [0.717, 1.165) is 0 Å². The summed E-state index contributed by atoms with van der Waals surface area (Å²) in [4.78, 5) is 13.5. The van der Waals surface area contributed by atoms with Crippen LogP contribution in [-0.2, 0) is 9.68 Å². The predicted molar refractivity (Wildman–Crippen MR) is 45.6 cm³/mol. The number of carbonyl (C=O) groups is 1. The Kier molecular flexibility index (Phi) is 10.2. The van der Waals surface area contributed by atoms with Gasteiger partial charge in [0.15, 0.2) is 6.10 Å². The molecule has 0 rings (SSSR count). The van der Waals surface area contributed by atoms with Gasteiger partial charge in [0.05, 0.1) is 6.10 Å². The summed E-state index contributed by atoms with van der Waals surface area (Å²) in [6, 6.07) is 0. The van der Waals surface area contributed by atoms with Gasteiger partial charge in [-0.2, -0.15) is 5.26 Å². The van der Waals surface area contributed by atoms with Crippen LogP contribution in [0.3, 0.4) is 0 Å². The number of rotatable bonds is 5. The fourth-order valence-electron chi connectivity index (χ4n) is 0.707. The van der Waals surface area contributed by atoms with Crippen LogP contribution in [0.25, 0.3) is 0 Å². The van der Waals surface area contributed by atoms with Crippen LogP contribution in [0.15, 0.2) is 0 Å². The summed E-state index contributed by atoms with van der Waals surface area (Å²) < 4.78 is 0. The summed E-state index contributed by atoms with van der Waals surface area (Å²) in [7, 11) is 0. The molecule has 5 N–H and O–H groups in total. The number of aliphatic hydroxyl groups excluding tert-OH is 4. The third-order valence-corrected chi connectivity index (χ3v) is 1.47. The van der Waals surface area contributed by atoms with Crippen molar-refractivity contribution in [1.82, 2.24) is 0 Å².